The summed E-state index contributed by atoms with van der Waals surface area (Å²) < 4.78 is 4.53. The van der Waals surface area contributed by atoms with Gasteiger partial charge in [-0.2, -0.15) is 0 Å². The SMILES string of the molecule is COC(=O)c1nc(C)cc(SCC(O)CO)n1. The normalized spacial score (nSPS) is 12.2. The maximum atomic E-state index is 11.3. The van der Waals surface area contributed by atoms with Gasteiger partial charge >= 0.3 is 5.97 Å². The zero-order valence-corrected chi connectivity index (χ0v) is 10.4. The Kier molecular flexibility index (Phi) is 5.33. The molecular weight excluding hydrogens is 244 g/mol. The largest absolute Gasteiger partial charge is 0.463 e. The van der Waals surface area contributed by atoms with Gasteiger partial charge in [-0.1, -0.05) is 0 Å². The van der Waals surface area contributed by atoms with E-state index in [1.165, 1.54) is 18.9 Å². The van der Waals surface area contributed by atoms with E-state index in [1.807, 2.05) is 0 Å². The van der Waals surface area contributed by atoms with Gasteiger partial charge in [0.2, 0.25) is 5.82 Å². The van der Waals surface area contributed by atoms with Crippen LogP contribution in [0, 0.1) is 6.92 Å². The molecule has 1 heterocycles. The lowest BCUT2D eigenvalue weighted by atomic mass is 10.4. The molecular formula is C10H14N2O4S. The molecule has 0 bridgehead atoms. The summed E-state index contributed by atoms with van der Waals surface area (Å²) in [5.74, 6) is -0.306. The van der Waals surface area contributed by atoms with E-state index in [1.54, 1.807) is 13.0 Å². The molecule has 1 aromatic heterocycles. The van der Waals surface area contributed by atoms with Gasteiger partial charge in [0.15, 0.2) is 0 Å². The van der Waals surface area contributed by atoms with Gasteiger partial charge in [-0.15, -0.1) is 11.8 Å². The fraction of sp³-hybridized carbons (Fsp3) is 0.500. The van der Waals surface area contributed by atoms with Crippen molar-refractivity contribution in [1.29, 1.82) is 0 Å². The van der Waals surface area contributed by atoms with Crippen molar-refractivity contribution < 1.29 is 19.7 Å². The number of carbonyl (C=O) groups is 1. The molecule has 0 aliphatic carbocycles. The molecule has 0 aromatic carbocycles. The highest BCUT2D eigenvalue weighted by Crippen LogP contribution is 2.17. The van der Waals surface area contributed by atoms with Crippen molar-refractivity contribution >= 4 is 17.7 Å². The van der Waals surface area contributed by atoms with Crippen LogP contribution < -0.4 is 0 Å². The highest BCUT2D eigenvalue weighted by molar-refractivity contribution is 7.99. The first kappa shape index (κ1) is 13.9. The van der Waals surface area contributed by atoms with E-state index >= 15 is 0 Å². The lowest BCUT2D eigenvalue weighted by Crippen LogP contribution is -2.15. The number of methoxy groups -OCH3 is 1. The van der Waals surface area contributed by atoms with Crippen molar-refractivity contribution in [3.8, 4) is 0 Å². The number of thioether (sulfide) groups is 1. The molecule has 1 rings (SSSR count). The van der Waals surface area contributed by atoms with Crippen LogP contribution in [-0.4, -0.2) is 51.7 Å². The molecule has 2 N–H and O–H groups in total. The Bertz CT molecular complexity index is 400. The number of aliphatic hydroxyl groups is 2. The number of carbonyl (C=O) groups excluding carboxylic acids is 1. The van der Waals surface area contributed by atoms with Crippen molar-refractivity contribution in [1.82, 2.24) is 9.97 Å². The summed E-state index contributed by atoms with van der Waals surface area (Å²) in [4.78, 5) is 19.2. The summed E-state index contributed by atoms with van der Waals surface area (Å²) >= 11 is 1.24. The maximum absolute atomic E-state index is 11.3. The number of esters is 1. The molecule has 0 aliphatic heterocycles. The summed E-state index contributed by atoms with van der Waals surface area (Å²) in [6.45, 7) is 1.43. The smallest absolute Gasteiger partial charge is 0.376 e. The number of aryl methyl sites for hydroxylation is 1. The Morgan fingerprint density at radius 1 is 1.59 bits per heavy atom. The van der Waals surface area contributed by atoms with Crippen LogP contribution in [0.3, 0.4) is 0 Å². The fourth-order valence-electron chi connectivity index (χ4n) is 1.03. The van der Waals surface area contributed by atoms with Crippen LogP contribution in [0.15, 0.2) is 11.1 Å². The molecule has 7 heteroatoms. The summed E-state index contributed by atoms with van der Waals surface area (Å²) in [7, 11) is 1.26. The predicted molar refractivity (Wildman–Crippen MR) is 61.9 cm³/mol. The van der Waals surface area contributed by atoms with Crippen molar-refractivity contribution in [2.24, 2.45) is 0 Å². The molecule has 0 spiro atoms. The van der Waals surface area contributed by atoms with Crippen LogP contribution in [0.4, 0.5) is 0 Å². The molecule has 94 valence electrons. The zero-order chi connectivity index (χ0) is 12.8. The first-order chi connectivity index (χ1) is 8.06. The topological polar surface area (TPSA) is 92.5 Å². The second kappa shape index (κ2) is 6.53. The van der Waals surface area contributed by atoms with Gasteiger partial charge < -0.3 is 14.9 Å². The number of aliphatic hydroxyl groups excluding tert-OH is 2. The van der Waals surface area contributed by atoms with E-state index in [0.29, 0.717) is 16.5 Å². The van der Waals surface area contributed by atoms with Crippen LogP contribution in [0.5, 0.6) is 0 Å². The lowest BCUT2D eigenvalue weighted by molar-refractivity contribution is 0.0585. The third kappa shape index (κ3) is 4.29. The standard InChI is InChI=1S/C10H14N2O4S/c1-6-3-8(17-5-7(14)4-13)12-9(11-6)10(15)16-2/h3,7,13-14H,4-5H2,1-2H3. The predicted octanol–water partition coefficient (Wildman–Crippen LogP) is 0.0169. The van der Waals surface area contributed by atoms with Crippen LogP contribution in [0.25, 0.3) is 0 Å². The monoisotopic (exact) mass is 258 g/mol. The number of hydrogen-bond acceptors (Lipinski definition) is 7. The molecule has 0 amide bonds. The molecule has 0 fully saturated rings. The van der Waals surface area contributed by atoms with E-state index in [2.05, 4.69) is 14.7 Å². The van der Waals surface area contributed by atoms with Crippen molar-refractivity contribution in [2.45, 2.75) is 18.1 Å². The van der Waals surface area contributed by atoms with Gasteiger partial charge in [-0.25, -0.2) is 14.8 Å². The molecule has 17 heavy (non-hydrogen) atoms. The second-order valence-electron chi connectivity index (χ2n) is 3.31. The highest BCUT2D eigenvalue weighted by Gasteiger charge is 2.12. The van der Waals surface area contributed by atoms with Crippen molar-refractivity contribution in [3.05, 3.63) is 17.6 Å². The summed E-state index contributed by atoms with van der Waals surface area (Å²) in [5.41, 5.74) is 0.640. The number of rotatable bonds is 5. The Morgan fingerprint density at radius 2 is 2.29 bits per heavy atom. The van der Waals surface area contributed by atoms with Gasteiger partial charge in [0, 0.05) is 11.4 Å². The number of hydrogen-bond donors (Lipinski definition) is 2. The quantitative estimate of drug-likeness (QED) is 0.437. The minimum atomic E-state index is -0.808. The van der Waals surface area contributed by atoms with E-state index in [4.69, 9.17) is 5.11 Å². The summed E-state index contributed by atoms with van der Waals surface area (Å²) in [6.07, 6.45) is -0.808. The van der Waals surface area contributed by atoms with E-state index < -0.39 is 12.1 Å². The molecule has 0 aliphatic rings. The molecule has 1 atom stereocenters. The van der Waals surface area contributed by atoms with Gasteiger partial charge in [0.05, 0.1) is 19.8 Å². The molecule has 1 aromatic rings. The summed E-state index contributed by atoms with van der Waals surface area (Å²) in [6, 6.07) is 1.70. The fourth-order valence-corrected chi connectivity index (χ4v) is 1.90. The average molecular weight is 258 g/mol. The zero-order valence-electron chi connectivity index (χ0n) is 9.58. The number of ether oxygens (including phenoxy) is 1. The first-order valence-electron chi connectivity index (χ1n) is 4.92. The molecule has 1 unspecified atom stereocenters. The molecule has 6 nitrogen and oxygen atoms in total. The maximum Gasteiger partial charge on any atom is 0.376 e. The van der Waals surface area contributed by atoms with E-state index in [0.717, 1.165) is 0 Å². The average Bonchev–Trinajstić information content (AvgIpc) is 2.34. The third-order valence-electron chi connectivity index (χ3n) is 1.83. The highest BCUT2D eigenvalue weighted by atomic mass is 32.2. The van der Waals surface area contributed by atoms with Crippen LogP contribution in [0.1, 0.15) is 16.3 Å². The Labute approximate surface area is 103 Å². The molecule has 0 saturated heterocycles. The van der Waals surface area contributed by atoms with Gasteiger partial charge in [0.25, 0.3) is 0 Å². The van der Waals surface area contributed by atoms with E-state index in [-0.39, 0.29) is 12.4 Å². The van der Waals surface area contributed by atoms with Crippen LogP contribution in [0.2, 0.25) is 0 Å². The Balaban J connectivity index is 2.79. The Morgan fingerprint density at radius 3 is 2.88 bits per heavy atom. The minimum absolute atomic E-state index is 0.00603. The number of aromatic nitrogens is 2. The van der Waals surface area contributed by atoms with Crippen LogP contribution >= 0.6 is 11.8 Å². The first-order valence-corrected chi connectivity index (χ1v) is 5.91. The van der Waals surface area contributed by atoms with Crippen molar-refractivity contribution in [2.75, 3.05) is 19.5 Å². The van der Waals surface area contributed by atoms with Crippen molar-refractivity contribution in [3.63, 3.8) is 0 Å². The number of nitrogens with zero attached hydrogens (tertiary/aromatic N) is 2. The van der Waals surface area contributed by atoms with E-state index in [9.17, 15) is 9.90 Å². The van der Waals surface area contributed by atoms with Gasteiger partial charge in [0.1, 0.15) is 5.03 Å². The Hall–Kier alpha value is -1.18. The lowest BCUT2D eigenvalue weighted by Gasteiger charge is -2.07. The summed E-state index contributed by atoms with van der Waals surface area (Å²) in [5, 5.41) is 18.4. The molecule has 0 radical (unpaired) electrons. The van der Waals surface area contributed by atoms with Crippen LogP contribution in [-0.2, 0) is 4.74 Å². The third-order valence-corrected chi connectivity index (χ3v) is 2.89. The molecule has 0 saturated carbocycles. The second-order valence-corrected chi connectivity index (χ2v) is 4.35. The van der Waals surface area contributed by atoms with Gasteiger partial charge in [-0.05, 0) is 13.0 Å². The minimum Gasteiger partial charge on any atom is -0.463 e. The van der Waals surface area contributed by atoms with Gasteiger partial charge in [-0.3, -0.25) is 0 Å².